The molecule has 2 heterocycles. The predicted molar refractivity (Wildman–Crippen MR) is 138 cm³/mol. The smallest absolute Gasteiger partial charge is 0.191 e. The fourth-order valence-corrected chi connectivity index (χ4v) is 3.80. The Bertz CT molecular complexity index is 767. The van der Waals surface area contributed by atoms with Gasteiger partial charge in [-0.05, 0) is 57.5 Å². The number of aliphatic imine (C=N–C) groups is 1. The first-order valence-corrected chi connectivity index (χ1v) is 11.3. The van der Waals surface area contributed by atoms with Gasteiger partial charge < -0.3 is 24.9 Å². The van der Waals surface area contributed by atoms with Gasteiger partial charge in [0.2, 0.25) is 0 Å². The van der Waals surface area contributed by atoms with E-state index in [1.54, 1.807) is 6.26 Å². The number of benzene rings is 1. The molecule has 178 valence electrons. The number of guanidine groups is 1. The number of nitrogens with one attached hydrogen (secondary N) is 2. The second-order valence-corrected chi connectivity index (χ2v) is 7.91. The molecule has 1 aliphatic rings. The van der Waals surface area contributed by atoms with Gasteiger partial charge in [0.15, 0.2) is 5.96 Å². The molecule has 1 saturated heterocycles. The number of hydrogen-bond donors (Lipinski definition) is 3. The van der Waals surface area contributed by atoms with Crippen LogP contribution in [0, 0.1) is 0 Å². The van der Waals surface area contributed by atoms with Crippen molar-refractivity contribution in [3.05, 3.63) is 60.1 Å². The van der Waals surface area contributed by atoms with Crippen molar-refractivity contribution in [3.8, 4) is 0 Å². The van der Waals surface area contributed by atoms with Gasteiger partial charge in [0.25, 0.3) is 0 Å². The molecule has 0 aliphatic carbocycles. The van der Waals surface area contributed by atoms with Crippen LogP contribution in [-0.2, 0) is 4.74 Å². The zero-order chi connectivity index (χ0) is 21.9. The number of aliphatic hydroxyl groups excluding tert-OH is 1. The molecule has 0 amide bonds. The number of halogens is 1. The van der Waals surface area contributed by atoms with Gasteiger partial charge >= 0.3 is 0 Å². The van der Waals surface area contributed by atoms with Crippen molar-refractivity contribution in [3.63, 3.8) is 0 Å². The second-order valence-electron chi connectivity index (χ2n) is 7.91. The average molecular weight is 556 g/mol. The Labute approximate surface area is 208 Å². The Kier molecular flexibility index (Phi) is 12.1. The molecule has 0 spiro atoms. The van der Waals surface area contributed by atoms with E-state index in [2.05, 4.69) is 20.5 Å². The molecule has 3 N–H and O–H groups in total. The predicted octanol–water partition coefficient (Wildman–Crippen LogP) is 3.73. The lowest BCUT2D eigenvalue weighted by molar-refractivity contribution is 0.00111. The highest BCUT2D eigenvalue weighted by atomic mass is 127. The number of furan rings is 1. The fourth-order valence-electron chi connectivity index (χ4n) is 3.80. The highest BCUT2D eigenvalue weighted by molar-refractivity contribution is 14.0. The van der Waals surface area contributed by atoms with Crippen molar-refractivity contribution in [2.45, 2.75) is 44.9 Å². The van der Waals surface area contributed by atoms with Crippen molar-refractivity contribution in [2.24, 2.45) is 4.99 Å². The average Bonchev–Trinajstić information content (AvgIpc) is 3.51. The Hall–Kier alpha value is -1.62. The zero-order valence-electron chi connectivity index (χ0n) is 19.1. The molecule has 3 unspecified atom stereocenters. The molecule has 1 aliphatic heterocycles. The van der Waals surface area contributed by atoms with E-state index in [0.29, 0.717) is 12.5 Å². The minimum Gasteiger partial charge on any atom is -0.468 e. The van der Waals surface area contributed by atoms with E-state index >= 15 is 0 Å². The minimum atomic E-state index is -0.666. The monoisotopic (exact) mass is 556 g/mol. The number of hydrogen-bond acceptors (Lipinski definition) is 5. The molecule has 32 heavy (non-hydrogen) atoms. The molecular weight excluding hydrogens is 519 g/mol. The van der Waals surface area contributed by atoms with Crippen LogP contribution in [0.15, 0.2) is 58.1 Å². The number of rotatable bonds is 11. The zero-order valence-corrected chi connectivity index (χ0v) is 21.4. The van der Waals surface area contributed by atoms with E-state index in [1.165, 1.54) is 12.8 Å². The van der Waals surface area contributed by atoms with Crippen molar-refractivity contribution < 1.29 is 14.3 Å². The Morgan fingerprint density at radius 3 is 2.56 bits per heavy atom. The Morgan fingerprint density at radius 1 is 1.16 bits per heavy atom. The van der Waals surface area contributed by atoms with Gasteiger partial charge in [-0.1, -0.05) is 30.3 Å². The fraction of sp³-hybridized carbons (Fsp3) is 0.542. The normalized spacial score (nSPS) is 17.4. The molecule has 2 aromatic rings. The molecule has 0 bridgehead atoms. The third-order valence-electron chi connectivity index (χ3n) is 5.53. The van der Waals surface area contributed by atoms with Crippen molar-refractivity contribution >= 4 is 29.9 Å². The van der Waals surface area contributed by atoms with Crippen LogP contribution in [0.3, 0.4) is 0 Å². The van der Waals surface area contributed by atoms with Crippen LogP contribution in [-0.4, -0.2) is 61.4 Å². The van der Waals surface area contributed by atoms with Crippen LogP contribution in [0.5, 0.6) is 0 Å². The molecule has 3 rings (SSSR count). The summed E-state index contributed by atoms with van der Waals surface area (Å²) in [6, 6.07) is 14.1. The number of likely N-dealkylation sites (tertiary alicyclic amines) is 1. The summed E-state index contributed by atoms with van der Waals surface area (Å²) in [4.78, 5) is 7.01. The molecule has 0 radical (unpaired) electrons. The van der Waals surface area contributed by atoms with Gasteiger partial charge in [0.1, 0.15) is 5.76 Å². The first-order chi connectivity index (χ1) is 15.2. The van der Waals surface area contributed by atoms with E-state index in [0.717, 1.165) is 31.0 Å². The molecule has 0 saturated carbocycles. The molecule has 1 aromatic heterocycles. The molecule has 1 aromatic carbocycles. The maximum atomic E-state index is 10.4. The second kappa shape index (κ2) is 14.5. The molecule has 8 heteroatoms. The maximum absolute atomic E-state index is 10.4. The summed E-state index contributed by atoms with van der Waals surface area (Å²) in [6.45, 7) is 8.13. The van der Waals surface area contributed by atoms with Crippen LogP contribution in [0.1, 0.15) is 50.2 Å². The van der Waals surface area contributed by atoms with Gasteiger partial charge in [-0.3, -0.25) is 9.89 Å². The maximum Gasteiger partial charge on any atom is 0.191 e. The van der Waals surface area contributed by atoms with E-state index in [-0.39, 0.29) is 49.3 Å². The number of nitrogens with zero attached hydrogens (tertiary/aromatic N) is 2. The summed E-state index contributed by atoms with van der Waals surface area (Å²) in [6.07, 6.45) is 3.43. The van der Waals surface area contributed by atoms with Gasteiger partial charge in [0.05, 0.1) is 37.7 Å². The quantitative estimate of drug-likeness (QED) is 0.223. The largest absolute Gasteiger partial charge is 0.468 e. The van der Waals surface area contributed by atoms with Crippen molar-refractivity contribution in [1.82, 2.24) is 15.5 Å². The van der Waals surface area contributed by atoms with Gasteiger partial charge in [-0.15, -0.1) is 24.0 Å². The van der Waals surface area contributed by atoms with Crippen LogP contribution in [0.2, 0.25) is 0 Å². The Balaban J connectivity index is 0.00000363. The van der Waals surface area contributed by atoms with Crippen molar-refractivity contribution in [1.29, 1.82) is 0 Å². The molecular formula is C24H37IN4O3. The molecule has 3 atom stereocenters. The molecule has 7 nitrogen and oxygen atoms in total. The first kappa shape index (κ1) is 26.6. The summed E-state index contributed by atoms with van der Waals surface area (Å²) in [7, 11) is 0. The Morgan fingerprint density at radius 2 is 1.91 bits per heavy atom. The van der Waals surface area contributed by atoms with E-state index in [4.69, 9.17) is 9.15 Å². The summed E-state index contributed by atoms with van der Waals surface area (Å²) in [5, 5.41) is 17.0. The highest BCUT2D eigenvalue weighted by Crippen LogP contribution is 2.24. The number of ether oxygens (including phenoxy) is 1. The van der Waals surface area contributed by atoms with E-state index in [9.17, 15) is 5.11 Å². The van der Waals surface area contributed by atoms with Crippen LogP contribution in [0.25, 0.3) is 0 Å². The minimum absolute atomic E-state index is 0. The van der Waals surface area contributed by atoms with E-state index in [1.807, 2.05) is 56.3 Å². The van der Waals surface area contributed by atoms with Crippen LogP contribution < -0.4 is 10.6 Å². The van der Waals surface area contributed by atoms with Crippen LogP contribution in [0.4, 0.5) is 0 Å². The van der Waals surface area contributed by atoms with Crippen LogP contribution >= 0.6 is 24.0 Å². The first-order valence-electron chi connectivity index (χ1n) is 11.3. The van der Waals surface area contributed by atoms with Gasteiger partial charge in [0, 0.05) is 13.1 Å². The molecule has 1 fully saturated rings. The van der Waals surface area contributed by atoms with Crippen molar-refractivity contribution in [2.75, 3.05) is 39.3 Å². The van der Waals surface area contributed by atoms with Gasteiger partial charge in [-0.25, -0.2) is 0 Å². The lowest BCUT2D eigenvalue weighted by atomic mass is 10.1. The van der Waals surface area contributed by atoms with Gasteiger partial charge in [-0.2, -0.15) is 0 Å². The lowest BCUT2D eigenvalue weighted by Gasteiger charge is -2.26. The summed E-state index contributed by atoms with van der Waals surface area (Å²) < 4.78 is 11.5. The highest BCUT2D eigenvalue weighted by Gasteiger charge is 2.25. The third-order valence-corrected chi connectivity index (χ3v) is 5.53. The summed E-state index contributed by atoms with van der Waals surface area (Å²) in [5.41, 5.74) is 1.10. The standard InChI is InChI=1S/C24H36N4O3.HI/c1-3-25-24(26-16-21(29)18-31-19(2)20-10-5-4-6-11-20)27-17-22(23-12-9-15-30-23)28-13-7-8-14-28;/h4-6,9-12,15,19,21-22,29H,3,7-8,13-14,16-18H2,1-2H3,(H2,25,26,27);1H. The number of aliphatic hydroxyl groups is 1. The summed E-state index contributed by atoms with van der Waals surface area (Å²) >= 11 is 0. The topological polar surface area (TPSA) is 82.3 Å². The lowest BCUT2D eigenvalue weighted by Crippen LogP contribution is -2.43. The third kappa shape index (κ3) is 8.38. The summed E-state index contributed by atoms with van der Waals surface area (Å²) in [5.74, 6) is 1.65. The van der Waals surface area contributed by atoms with E-state index < -0.39 is 6.10 Å². The SMILES string of the molecule is CCNC(=NCC(O)COC(C)c1ccccc1)NCC(c1ccco1)N1CCCC1.I.